The molecule has 0 fully saturated rings. The molecule has 0 unspecified atom stereocenters. The van der Waals surface area contributed by atoms with E-state index in [0.29, 0.717) is 27.5 Å². The second-order valence-electron chi connectivity index (χ2n) is 4.06. The number of carbonyl (C=O) groups excluding carboxylic acids is 1. The number of carbonyl (C=O) groups is 1. The normalized spacial score (nSPS) is 13.3. The van der Waals surface area contributed by atoms with E-state index in [2.05, 4.69) is 0 Å². The van der Waals surface area contributed by atoms with Gasteiger partial charge in [-0.05, 0) is 24.3 Å². The number of hydrogen-bond donors (Lipinski definition) is 1. The number of ketones is 1. The molecule has 4 heteroatoms. The highest BCUT2D eigenvalue weighted by Gasteiger charge is 2.24. The van der Waals surface area contributed by atoms with Crippen LogP contribution in [-0.2, 0) is 6.61 Å². The first-order valence-corrected chi connectivity index (χ1v) is 5.82. The molecule has 1 aliphatic rings. The second-order valence-corrected chi connectivity index (χ2v) is 4.50. The largest absolute Gasteiger partial charge is 0.508 e. The molecule has 18 heavy (non-hydrogen) atoms. The van der Waals surface area contributed by atoms with Crippen LogP contribution in [0.5, 0.6) is 11.5 Å². The fraction of sp³-hybridized carbons (Fsp3) is 0.0714. The van der Waals surface area contributed by atoms with Gasteiger partial charge in [-0.15, -0.1) is 0 Å². The summed E-state index contributed by atoms with van der Waals surface area (Å²) in [7, 11) is 0. The maximum absolute atomic E-state index is 12.4. The van der Waals surface area contributed by atoms with E-state index in [1.54, 1.807) is 36.4 Å². The smallest absolute Gasteiger partial charge is 0.197 e. The van der Waals surface area contributed by atoms with E-state index >= 15 is 0 Å². The number of phenolic OH excluding ortho intramolecular Hbond substituents is 1. The first-order chi connectivity index (χ1) is 8.66. The van der Waals surface area contributed by atoms with Gasteiger partial charge in [0.1, 0.15) is 18.1 Å². The second kappa shape index (κ2) is 4.03. The summed E-state index contributed by atoms with van der Waals surface area (Å²) >= 11 is 5.88. The molecule has 0 saturated heterocycles. The van der Waals surface area contributed by atoms with E-state index < -0.39 is 0 Å². The topological polar surface area (TPSA) is 46.5 Å². The molecule has 3 rings (SSSR count). The van der Waals surface area contributed by atoms with Crippen LogP contribution in [0.1, 0.15) is 21.5 Å². The average Bonchev–Trinajstić information content (AvgIpc) is 2.49. The van der Waals surface area contributed by atoms with Crippen molar-refractivity contribution in [1.82, 2.24) is 0 Å². The number of halogens is 1. The highest BCUT2D eigenvalue weighted by Crippen LogP contribution is 2.33. The third-order valence-electron chi connectivity index (χ3n) is 2.96. The van der Waals surface area contributed by atoms with E-state index in [0.717, 1.165) is 0 Å². The van der Waals surface area contributed by atoms with Crippen LogP contribution in [0.3, 0.4) is 0 Å². The minimum Gasteiger partial charge on any atom is -0.508 e. The molecule has 0 saturated carbocycles. The molecule has 1 aliphatic heterocycles. The Morgan fingerprint density at radius 3 is 2.83 bits per heavy atom. The molecule has 0 spiro atoms. The van der Waals surface area contributed by atoms with Gasteiger partial charge >= 0.3 is 0 Å². The van der Waals surface area contributed by atoms with Crippen molar-refractivity contribution >= 4 is 17.4 Å². The van der Waals surface area contributed by atoms with Crippen LogP contribution < -0.4 is 4.74 Å². The van der Waals surface area contributed by atoms with E-state index in [-0.39, 0.29) is 18.1 Å². The number of hydrogen-bond acceptors (Lipinski definition) is 3. The maximum atomic E-state index is 12.4. The molecule has 1 heterocycles. The summed E-state index contributed by atoms with van der Waals surface area (Å²) in [5.74, 6) is 0.355. The summed E-state index contributed by atoms with van der Waals surface area (Å²) in [6, 6.07) is 9.77. The van der Waals surface area contributed by atoms with E-state index in [1.807, 2.05) is 0 Å². The van der Waals surface area contributed by atoms with Crippen molar-refractivity contribution in [3.8, 4) is 11.5 Å². The van der Waals surface area contributed by atoms with Crippen LogP contribution >= 0.6 is 11.6 Å². The molecule has 0 aliphatic carbocycles. The zero-order chi connectivity index (χ0) is 12.7. The third-order valence-corrected chi connectivity index (χ3v) is 3.19. The fourth-order valence-electron chi connectivity index (χ4n) is 2.04. The summed E-state index contributed by atoms with van der Waals surface area (Å²) in [4.78, 5) is 12.4. The van der Waals surface area contributed by atoms with E-state index in [9.17, 15) is 9.90 Å². The highest BCUT2D eigenvalue weighted by atomic mass is 35.5. The van der Waals surface area contributed by atoms with Gasteiger partial charge in [-0.1, -0.05) is 23.7 Å². The molecule has 3 nitrogen and oxygen atoms in total. The summed E-state index contributed by atoms with van der Waals surface area (Å²) in [5, 5.41) is 10.3. The van der Waals surface area contributed by atoms with Crippen molar-refractivity contribution in [3.05, 3.63) is 58.1 Å². The number of aromatic hydroxyl groups is 1. The predicted octanol–water partition coefficient (Wildman–Crippen LogP) is 3.17. The van der Waals surface area contributed by atoms with Crippen LogP contribution in [-0.4, -0.2) is 10.9 Å². The monoisotopic (exact) mass is 260 g/mol. The molecule has 0 aromatic heterocycles. The third kappa shape index (κ3) is 1.64. The van der Waals surface area contributed by atoms with Crippen LogP contribution in [0.2, 0.25) is 5.02 Å². The van der Waals surface area contributed by atoms with Crippen LogP contribution in [0, 0.1) is 0 Å². The quantitative estimate of drug-likeness (QED) is 0.791. The van der Waals surface area contributed by atoms with Crippen molar-refractivity contribution < 1.29 is 14.6 Å². The fourth-order valence-corrected chi connectivity index (χ4v) is 2.20. The van der Waals surface area contributed by atoms with Gasteiger partial charge in [-0.2, -0.15) is 0 Å². The molecular formula is C14H9ClO3. The maximum Gasteiger partial charge on any atom is 0.197 e. The molecule has 1 N–H and O–H groups in total. The Labute approximate surface area is 109 Å². The van der Waals surface area contributed by atoms with Gasteiger partial charge in [0.05, 0.1) is 5.56 Å². The Morgan fingerprint density at radius 1 is 1.17 bits per heavy atom. The van der Waals surface area contributed by atoms with Crippen molar-refractivity contribution in [3.63, 3.8) is 0 Å². The molecule has 2 aromatic carbocycles. The lowest BCUT2D eigenvalue weighted by Crippen LogP contribution is -2.02. The Bertz CT molecular complexity index is 649. The summed E-state index contributed by atoms with van der Waals surface area (Å²) in [6.07, 6.45) is 0. The predicted molar refractivity (Wildman–Crippen MR) is 67.3 cm³/mol. The summed E-state index contributed by atoms with van der Waals surface area (Å²) in [6.45, 7) is 0.154. The Balaban J connectivity index is 2.22. The lowest BCUT2D eigenvalue weighted by Gasteiger charge is -2.06. The van der Waals surface area contributed by atoms with E-state index in [4.69, 9.17) is 16.3 Å². The van der Waals surface area contributed by atoms with Crippen molar-refractivity contribution in [1.29, 1.82) is 0 Å². The lowest BCUT2D eigenvalue weighted by molar-refractivity contribution is 0.103. The lowest BCUT2D eigenvalue weighted by atomic mass is 9.99. The highest BCUT2D eigenvalue weighted by molar-refractivity contribution is 6.31. The average molecular weight is 261 g/mol. The molecular weight excluding hydrogens is 252 g/mol. The first kappa shape index (κ1) is 11.1. The minimum atomic E-state index is -0.162. The molecule has 2 aromatic rings. The molecule has 0 bridgehead atoms. The summed E-state index contributed by atoms with van der Waals surface area (Å²) in [5.41, 5.74) is 1.44. The number of rotatable bonds is 0. The van der Waals surface area contributed by atoms with Gasteiger partial charge in [0.2, 0.25) is 0 Å². The molecule has 0 atom stereocenters. The van der Waals surface area contributed by atoms with Gasteiger partial charge in [-0.25, -0.2) is 0 Å². The van der Waals surface area contributed by atoms with Gasteiger partial charge in [0.25, 0.3) is 0 Å². The zero-order valence-electron chi connectivity index (χ0n) is 9.31. The Kier molecular flexibility index (Phi) is 2.49. The van der Waals surface area contributed by atoms with Gasteiger partial charge < -0.3 is 9.84 Å². The van der Waals surface area contributed by atoms with Crippen LogP contribution in [0.4, 0.5) is 0 Å². The molecule has 90 valence electrons. The number of benzene rings is 2. The SMILES string of the molecule is O=C1c2ccc(Cl)cc2OCc2c(O)cccc21. The van der Waals surface area contributed by atoms with Crippen LogP contribution in [0.15, 0.2) is 36.4 Å². The first-order valence-electron chi connectivity index (χ1n) is 5.45. The Morgan fingerprint density at radius 2 is 2.00 bits per heavy atom. The molecule has 0 amide bonds. The Hall–Kier alpha value is -2.00. The van der Waals surface area contributed by atoms with Crippen molar-refractivity contribution in [2.24, 2.45) is 0 Å². The van der Waals surface area contributed by atoms with Crippen LogP contribution in [0.25, 0.3) is 0 Å². The summed E-state index contributed by atoms with van der Waals surface area (Å²) < 4.78 is 5.54. The standard InChI is InChI=1S/C14H9ClO3/c15-8-4-5-10-13(6-8)18-7-11-9(14(10)17)2-1-3-12(11)16/h1-6,16H,7H2. The molecule has 0 radical (unpaired) electrons. The van der Waals surface area contributed by atoms with Crippen molar-refractivity contribution in [2.45, 2.75) is 6.61 Å². The number of ether oxygens (including phenoxy) is 1. The van der Waals surface area contributed by atoms with Crippen molar-refractivity contribution in [2.75, 3.05) is 0 Å². The minimum absolute atomic E-state index is 0.0692. The van der Waals surface area contributed by atoms with E-state index in [1.165, 1.54) is 0 Å². The number of phenols is 1. The van der Waals surface area contributed by atoms with Gasteiger partial charge in [0.15, 0.2) is 5.78 Å². The van der Waals surface area contributed by atoms with Gasteiger partial charge in [-0.3, -0.25) is 4.79 Å². The zero-order valence-corrected chi connectivity index (χ0v) is 10.1. The van der Waals surface area contributed by atoms with Gasteiger partial charge in [0, 0.05) is 16.1 Å². The number of fused-ring (bicyclic) bond motifs is 2.